The molecule has 37 heavy (non-hydrogen) atoms. The minimum absolute atomic E-state index is 0.125. The molecule has 0 radical (unpaired) electrons. The van der Waals surface area contributed by atoms with Crippen LogP contribution in [0.4, 0.5) is 25.2 Å². The SMILES string of the molecule is CCOC(=O)Nc1nc(CCc2ccc(N=C(NC(=O)OC(C)(C)C)NC(=O)OC(C)(C)C)cc2)cs1. The molecule has 0 bridgehead atoms. The third-order valence-electron chi connectivity index (χ3n) is 4.12. The lowest BCUT2D eigenvalue weighted by Crippen LogP contribution is -2.47. The Bertz CT molecular complexity index is 1070. The van der Waals surface area contributed by atoms with Crippen molar-refractivity contribution in [1.82, 2.24) is 15.6 Å². The summed E-state index contributed by atoms with van der Waals surface area (Å²) in [7, 11) is 0. The Hall–Kier alpha value is -3.67. The summed E-state index contributed by atoms with van der Waals surface area (Å²) in [5.41, 5.74) is 0.934. The van der Waals surface area contributed by atoms with Gasteiger partial charge in [-0.2, -0.15) is 0 Å². The Morgan fingerprint density at radius 1 is 0.892 bits per heavy atom. The van der Waals surface area contributed by atoms with E-state index >= 15 is 0 Å². The van der Waals surface area contributed by atoms with Crippen LogP contribution >= 0.6 is 11.3 Å². The number of thiazole rings is 1. The van der Waals surface area contributed by atoms with Crippen LogP contribution in [0.25, 0.3) is 0 Å². The Balaban J connectivity index is 2.05. The van der Waals surface area contributed by atoms with Crippen LogP contribution in [0.3, 0.4) is 0 Å². The molecule has 0 unspecified atom stereocenters. The smallest absolute Gasteiger partial charge is 0.414 e. The van der Waals surface area contributed by atoms with Gasteiger partial charge in [0, 0.05) is 5.38 Å². The summed E-state index contributed by atoms with van der Waals surface area (Å²) in [6.45, 7) is 12.4. The molecular formula is C25H35N5O6S. The highest BCUT2D eigenvalue weighted by Crippen LogP contribution is 2.19. The molecule has 11 nitrogen and oxygen atoms in total. The van der Waals surface area contributed by atoms with E-state index in [0.29, 0.717) is 30.3 Å². The molecule has 0 saturated heterocycles. The lowest BCUT2D eigenvalue weighted by molar-refractivity contribution is 0.0545. The van der Waals surface area contributed by atoms with Gasteiger partial charge < -0.3 is 14.2 Å². The van der Waals surface area contributed by atoms with Crippen LogP contribution in [0.2, 0.25) is 0 Å². The van der Waals surface area contributed by atoms with E-state index in [1.807, 2.05) is 17.5 Å². The molecule has 202 valence electrons. The molecule has 1 aromatic carbocycles. The highest BCUT2D eigenvalue weighted by Gasteiger charge is 2.21. The summed E-state index contributed by atoms with van der Waals surface area (Å²) >= 11 is 1.33. The average molecular weight is 534 g/mol. The van der Waals surface area contributed by atoms with Crippen molar-refractivity contribution in [2.45, 2.75) is 72.5 Å². The number of guanidine groups is 1. The second-order valence-corrected chi connectivity index (χ2v) is 10.7. The van der Waals surface area contributed by atoms with Gasteiger partial charge in [0.2, 0.25) is 5.96 Å². The Labute approximate surface area is 221 Å². The zero-order valence-corrected chi connectivity index (χ0v) is 23.1. The first-order chi connectivity index (χ1) is 17.2. The number of aromatic nitrogens is 1. The number of aliphatic imine (C=N–C) groups is 1. The van der Waals surface area contributed by atoms with Crippen molar-refractivity contribution in [3.63, 3.8) is 0 Å². The molecule has 3 amide bonds. The number of anilines is 1. The summed E-state index contributed by atoms with van der Waals surface area (Å²) in [6, 6.07) is 7.30. The number of hydrogen-bond acceptors (Lipinski definition) is 9. The molecular weight excluding hydrogens is 498 g/mol. The Morgan fingerprint density at radius 3 is 1.97 bits per heavy atom. The van der Waals surface area contributed by atoms with Crippen LogP contribution in [-0.4, -0.2) is 47.0 Å². The molecule has 12 heteroatoms. The first-order valence-electron chi connectivity index (χ1n) is 11.8. The van der Waals surface area contributed by atoms with Gasteiger partial charge in [-0.15, -0.1) is 11.3 Å². The quantitative estimate of drug-likeness (QED) is 0.252. The number of carbonyl (C=O) groups excluding carboxylic acids is 3. The summed E-state index contributed by atoms with van der Waals surface area (Å²) < 4.78 is 15.4. The van der Waals surface area contributed by atoms with E-state index in [9.17, 15) is 14.4 Å². The molecule has 0 saturated carbocycles. The predicted molar refractivity (Wildman–Crippen MR) is 142 cm³/mol. The largest absolute Gasteiger partial charge is 0.450 e. The Morgan fingerprint density at radius 2 is 1.46 bits per heavy atom. The van der Waals surface area contributed by atoms with Crippen molar-refractivity contribution in [1.29, 1.82) is 0 Å². The van der Waals surface area contributed by atoms with Gasteiger partial charge in [-0.3, -0.25) is 16.0 Å². The first kappa shape index (κ1) is 29.6. The summed E-state index contributed by atoms with van der Waals surface area (Å²) in [5, 5.41) is 9.87. The van der Waals surface area contributed by atoms with Crippen molar-refractivity contribution in [3.8, 4) is 0 Å². The number of nitrogens with one attached hydrogen (secondary N) is 3. The van der Waals surface area contributed by atoms with Crippen LogP contribution in [-0.2, 0) is 27.1 Å². The zero-order chi connectivity index (χ0) is 27.6. The maximum Gasteiger partial charge on any atom is 0.414 e. The number of alkyl carbamates (subject to hydrolysis) is 2. The standard InChI is InChI=1S/C25H35N5O6S/c1-8-34-21(31)30-20-27-18(15-37-20)14-11-16-9-12-17(13-10-16)26-19(28-22(32)35-24(2,3)4)29-23(33)36-25(5,6)7/h9-10,12-13,15H,8,11,14H2,1-7H3,(H,27,30,31)(H2,26,28,29,32,33). The van der Waals surface area contributed by atoms with Gasteiger partial charge in [0.1, 0.15) is 11.2 Å². The minimum Gasteiger partial charge on any atom is -0.450 e. The molecule has 1 heterocycles. The predicted octanol–water partition coefficient (Wildman–Crippen LogP) is 5.53. The maximum absolute atomic E-state index is 12.3. The maximum atomic E-state index is 12.3. The minimum atomic E-state index is -0.765. The molecule has 2 aromatic rings. The fourth-order valence-corrected chi connectivity index (χ4v) is 3.49. The van der Waals surface area contributed by atoms with Gasteiger partial charge in [-0.1, -0.05) is 12.1 Å². The van der Waals surface area contributed by atoms with E-state index in [-0.39, 0.29) is 5.96 Å². The molecule has 3 N–H and O–H groups in total. The first-order valence-corrected chi connectivity index (χ1v) is 12.7. The van der Waals surface area contributed by atoms with Gasteiger partial charge in [0.15, 0.2) is 5.13 Å². The number of benzene rings is 1. The van der Waals surface area contributed by atoms with Crippen molar-refractivity contribution >= 4 is 46.4 Å². The molecule has 2 rings (SSSR count). The monoisotopic (exact) mass is 533 g/mol. The number of hydrogen-bond donors (Lipinski definition) is 3. The summed E-state index contributed by atoms with van der Waals surface area (Å²) in [4.78, 5) is 44.7. The third kappa shape index (κ3) is 12.2. The van der Waals surface area contributed by atoms with E-state index < -0.39 is 29.5 Å². The van der Waals surface area contributed by atoms with Crippen molar-refractivity contribution in [2.75, 3.05) is 11.9 Å². The molecule has 1 aromatic heterocycles. The third-order valence-corrected chi connectivity index (χ3v) is 4.93. The Kier molecular flexibility index (Phi) is 10.4. The van der Waals surface area contributed by atoms with Crippen LogP contribution in [0.5, 0.6) is 0 Å². The fraction of sp³-hybridized carbons (Fsp3) is 0.480. The van der Waals surface area contributed by atoms with Gasteiger partial charge >= 0.3 is 18.3 Å². The number of ether oxygens (including phenoxy) is 3. The topological polar surface area (TPSA) is 140 Å². The van der Waals surface area contributed by atoms with Crippen LogP contribution < -0.4 is 16.0 Å². The number of nitrogens with zero attached hydrogens (tertiary/aromatic N) is 2. The molecule has 0 aliphatic carbocycles. The van der Waals surface area contributed by atoms with Crippen molar-refractivity contribution in [2.24, 2.45) is 4.99 Å². The molecule has 0 fully saturated rings. The van der Waals surface area contributed by atoms with E-state index in [2.05, 4.69) is 25.9 Å². The lowest BCUT2D eigenvalue weighted by atomic mass is 10.1. The van der Waals surface area contributed by atoms with E-state index in [1.165, 1.54) is 11.3 Å². The zero-order valence-electron chi connectivity index (χ0n) is 22.3. The van der Waals surface area contributed by atoms with Crippen molar-refractivity contribution in [3.05, 3.63) is 40.9 Å². The summed E-state index contributed by atoms with van der Waals surface area (Å²) in [5.74, 6) is -0.125. The van der Waals surface area contributed by atoms with Gasteiger partial charge in [-0.25, -0.2) is 24.4 Å². The fourth-order valence-electron chi connectivity index (χ4n) is 2.76. The van der Waals surface area contributed by atoms with Gasteiger partial charge in [-0.05, 0) is 79.0 Å². The van der Waals surface area contributed by atoms with Gasteiger partial charge in [0.25, 0.3) is 0 Å². The van der Waals surface area contributed by atoms with E-state index in [4.69, 9.17) is 14.2 Å². The number of carbonyl (C=O) groups is 3. The normalized spacial score (nSPS) is 11.2. The number of aryl methyl sites for hydroxylation is 2. The molecule has 0 aliphatic rings. The molecule has 0 atom stereocenters. The summed E-state index contributed by atoms with van der Waals surface area (Å²) in [6.07, 6.45) is -0.666. The van der Waals surface area contributed by atoms with Crippen molar-refractivity contribution < 1.29 is 28.6 Å². The van der Waals surface area contributed by atoms with E-state index in [1.54, 1.807) is 60.6 Å². The van der Waals surface area contributed by atoms with Crippen LogP contribution in [0, 0.1) is 0 Å². The second kappa shape index (κ2) is 13.0. The van der Waals surface area contributed by atoms with Crippen LogP contribution in [0.1, 0.15) is 59.7 Å². The molecule has 0 spiro atoms. The highest BCUT2D eigenvalue weighted by atomic mass is 32.1. The average Bonchev–Trinajstić information content (AvgIpc) is 3.17. The van der Waals surface area contributed by atoms with Crippen LogP contribution in [0.15, 0.2) is 34.6 Å². The molecule has 0 aliphatic heterocycles. The van der Waals surface area contributed by atoms with Gasteiger partial charge in [0.05, 0.1) is 18.0 Å². The highest BCUT2D eigenvalue weighted by molar-refractivity contribution is 7.13. The lowest BCUT2D eigenvalue weighted by Gasteiger charge is -2.22. The number of amides is 3. The van der Waals surface area contributed by atoms with E-state index in [0.717, 1.165) is 11.3 Å². The number of rotatable bonds is 6. The second-order valence-electron chi connectivity index (χ2n) is 9.87.